The van der Waals surface area contributed by atoms with Gasteiger partial charge >= 0.3 is 0 Å². The third-order valence-corrected chi connectivity index (χ3v) is 5.39. The first kappa shape index (κ1) is 19.8. The Labute approximate surface area is 164 Å². The van der Waals surface area contributed by atoms with E-state index in [-0.39, 0.29) is 48.8 Å². The van der Waals surface area contributed by atoms with E-state index in [9.17, 15) is 14.4 Å². The summed E-state index contributed by atoms with van der Waals surface area (Å²) in [7, 11) is 0. The highest BCUT2D eigenvalue weighted by Crippen LogP contribution is 2.26. The molecule has 0 aromatic heterocycles. The van der Waals surface area contributed by atoms with Gasteiger partial charge in [0, 0.05) is 37.8 Å². The van der Waals surface area contributed by atoms with E-state index in [2.05, 4.69) is 5.32 Å². The Morgan fingerprint density at radius 1 is 1.26 bits per heavy atom. The van der Waals surface area contributed by atoms with Crippen LogP contribution in [0.25, 0.3) is 0 Å². The Bertz CT molecular complexity index is 763. The number of benzene rings is 1. The van der Waals surface area contributed by atoms with Crippen molar-refractivity contribution in [3.63, 3.8) is 0 Å². The van der Waals surface area contributed by atoms with Crippen LogP contribution in [0.2, 0.25) is 0 Å². The molecule has 0 saturated carbocycles. The molecule has 4 rings (SSSR count). The van der Waals surface area contributed by atoms with Gasteiger partial charge in [0.1, 0.15) is 0 Å². The predicted octanol–water partition coefficient (Wildman–Crippen LogP) is 1.32. The van der Waals surface area contributed by atoms with Crippen LogP contribution in [0.15, 0.2) is 18.2 Å². The minimum atomic E-state index is -0.330. The van der Waals surface area contributed by atoms with Gasteiger partial charge in [-0.15, -0.1) is 12.4 Å². The summed E-state index contributed by atoms with van der Waals surface area (Å²) in [6.07, 6.45) is 1.73. The number of fused-ring (bicyclic) bond motifs is 1. The second kappa shape index (κ2) is 7.96. The molecule has 3 heterocycles. The number of imide groups is 1. The molecule has 1 aromatic rings. The summed E-state index contributed by atoms with van der Waals surface area (Å²) in [5.41, 5.74) is 1.15. The molecule has 2 fully saturated rings. The Morgan fingerprint density at radius 3 is 2.74 bits per heavy atom. The molecule has 8 heteroatoms. The van der Waals surface area contributed by atoms with Crippen molar-refractivity contribution in [2.24, 2.45) is 0 Å². The summed E-state index contributed by atoms with van der Waals surface area (Å²) in [5, 5.41) is 3.25. The maximum Gasteiger partial charge on any atom is 0.261 e. The van der Waals surface area contributed by atoms with Crippen LogP contribution in [-0.2, 0) is 4.74 Å². The summed E-state index contributed by atoms with van der Waals surface area (Å²) in [6, 6.07) is 4.92. The molecule has 3 aliphatic heterocycles. The van der Waals surface area contributed by atoms with Crippen LogP contribution in [0.3, 0.4) is 0 Å². The van der Waals surface area contributed by atoms with Crippen molar-refractivity contribution in [1.82, 2.24) is 15.1 Å². The molecule has 0 radical (unpaired) electrons. The maximum absolute atomic E-state index is 12.8. The third kappa shape index (κ3) is 3.59. The van der Waals surface area contributed by atoms with Crippen LogP contribution in [-0.4, -0.2) is 72.5 Å². The molecule has 146 valence electrons. The van der Waals surface area contributed by atoms with E-state index in [0.29, 0.717) is 29.8 Å². The number of ether oxygens (including phenoxy) is 1. The minimum absolute atomic E-state index is 0. The number of carbonyl (C=O) groups is 3. The van der Waals surface area contributed by atoms with Gasteiger partial charge < -0.3 is 15.0 Å². The van der Waals surface area contributed by atoms with Crippen molar-refractivity contribution in [2.45, 2.75) is 31.9 Å². The normalized spacial score (nSPS) is 24.8. The van der Waals surface area contributed by atoms with Gasteiger partial charge in [-0.3, -0.25) is 19.3 Å². The molecule has 1 N–H and O–H groups in total. The monoisotopic (exact) mass is 393 g/mol. The second-order valence-electron chi connectivity index (χ2n) is 7.17. The van der Waals surface area contributed by atoms with Crippen molar-refractivity contribution in [3.05, 3.63) is 34.9 Å². The van der Waals surface area contributed by atoms with Crippen molar-refractivity contribution < 1.29 is 19.1 Å². The first-order chi connectivity index (χ1) is 12.6. The highest BCUT2D eigenvalue weighted by molar-refractivity contribution is 6.22. The van der Waals surface area contributed by atoms with Crippen LogP contribution in [0.1, 0.15) is 50.8 Å². The van der Waals surface area contributed by atoms with Crippen LogP contribution in [0, 0.1) is 0 Å². The van der Waals surface area contributed by atoms with E-state index >= 15 is 0 Å². The van der Waals surface area contributed by atoms with Crippen LogP contribution < -0.4 is 5.32 Å². The van der Waals surface area contributed by atoms with Gasteiger partial charge in [0.15, 0.2) is 0 Å². The van der Waals surface area contributed by atoms with Crippen LogP contribution in [0.4, 0.5) is 0 Å². The lowest BCUT2D eigenvalue weighted by atomic mass is 10.0. The standard InChI is InChI=1S/C19H23N3O4.ClH/c1-12-10-20-6-7-21(12)17(23)13-4-5-15-16(9-13)19(25)22(18(15)24)11-14-3-2-8-26-14;/h4-5,9,12,14,20H,2-3,6-8,10-11H2,1H3;1H. The summed E-state index contributed by atoms with van der Waals surface area (Å²) in [4.78, 5) is 41.2. The lowest BCUT2D eigenvalue weighted by Gasteiger charge is -2.34. The van der Waals surface area contributed by atoms with E-state index in [4.69, 9.17) is 4.74 Å². The maximum atomic E-state index is 12.8. The average Bonchev–Trinajstić information content (AvgIpc) is 3.25. The number of nitrogens with one attached hydrogen (secondary N) is 1. The van der Waals surface area contributed by atoms with Gasteiger partial charge in [-0.2, -0.15) is 0 Å². The van der Waals surface area contributed by atoms with E-state index in [1.165, 1.54) is 4.90 Å². The van der Waals surface area contributed by atoms with Crippen molar-refractivity contribution in [1.29, 1.82) is 0 Å². The van der Waals surface area contributed by atoms with Gasteiger partial charge in [-0.1, -0.05) is 0 Å². The van der Waals surface area contributed by atoms with Gasteiger partial charge in [0.05, 0.1) is 23.8 Å². The highest BCUT2D eigenvalue weighted by Gasteiger charge is 2.38. The first-order valence-corrected chi connectivity index (χ1v) is 9.20. The van der Waals surface area contributed by atoms with Gasteiger partial charge in [-0.25, -0.2) is 0 Å². The SMILES string of the molecule is CC1CNCCN1C(=O)c1ccc2c(c1)C(=O)N(CC1CCCO1)C2=O.Cl. The molecule has 2 saturated heterocycles. The number of carbonyl (C=O) groups excluding carboxylic acids is 3. The van der Waals surface area contributed by atoms with Crippen molar-refractivity contribution >= 4 is 30.1 Å². The molecule has 2 unspecified atom stereocenters. The Hall–Kier alpha value is -1.96. The second-order valence-corrected chi connectivity index (χ2v) is 7.17. The van der Waals surface area contributed by atoms with E-state index < -0.39 is 0 Å². The zero-order valence-corrected chi connectivity index (χ0v) is 16.1. The molecule has 0 spiro atoms. The molecule has 0 bridgehead atoms. The molecule has 2 atom stereocenters. The summed E-state index contributed by atoms with van der Waals surface area (Å²) in [6.45, 7) is 5.10. The molecule has 7 nitrogen and oxygen atoms in total. The molecule has 27 heavy (non-hydrogen) atoms. The largest absolute Gasteiger partial charge is 0.376 e. The first-order valence-electron chi connectivity index (χ1n) is 9.20. The number of halogens is 1. The molecular weight excluding hydrogens is 370 g/mol. The van der Waals surface area contributed by atoms with E-state index in [1.54, 1.807) is 18.2 Å². The average molecular weight is 394 g/mol. The number of amides is 3. The third-order valence-electron chi connectivity index (χ3n) is 5.39. The van der Waals surface area contributed by atoms with Gasteiger partial charge in [0.2, 0.25) is 0 Å². The number of hydrogen-bond donors (Lipinski definition) is 1. The molecule has 3 amide bonds. The zero-order valence-electron chi connectivity index (χ0n) is 15.3. The zero-order chi connectivity index (χ0) is 18.3. The fourth-order valence-electron chi connectivity index (χ4n) is 3.89. The summed E-state index contributed by atoms with van der Waals surface area (Å²) >= 11 is 0. The number of hydrogen-bond acceptors (Lipinski definition) is 5. The Kier molecular flexibility index (Phi) is 5.83. The van der Waals surface area contributed by atoms with Gasteiger partial charge in [-0.05, 0) is 38.0 Å². The lowest BCUT2D eigenvalue weighted by Crippen LogP contribution is -2.52. The quantitative estimate of drug-likeness (QED) is 0.783. The van der Waals surface area contributed by atoms with Crippen molar-refractivity contribution in [3.8, 4) is 0 Å². The minimum Gasteiger partial charge on any atom is -0.376 e. The van der Waals surface area contributed by atoms with E-state index in [0.717, 1.165) is 25.9 Å². The van der Waals surface area contributed by atoms with Gasteiger partial charge in [0.25, 0.3) is 17.7 Å². The Balaban J connectivity index is 0.00000210. The number of nitrogens with zero attached hydrogens (tertiary/aromatic N) is 2. The predicted molar refractivity (Wildman–Crippen MR) is 101 cm³/mol. The summed E-state index contributed by atoms with van der Waals surface area (Å²) in [5.74, 6) is -0.724. The van der Waals surface area contributed by atoms with E-state index in [1.807, 2.05) is 11.8 Å². The topological polar surface area (TPSA) is 79.0 Å². The fourth-order valence-corrected chi connectivity index (χ4v) is 3.89. The van der Waals surface area contributed by atoms with Crippen molar-refractivity contribution in [2.75, 3.05) is 32.8 Å². The molecule has 1 aromatic carbocycles. The number of piperazine rings is 1. The van der Waals surface area contributed by atoms with Crippen LogP contribution in [0.5, 0.6) is 0 Å². The smallest absolute Gasteiger partial charge is 0.261 e. The highest BCUT2D eigenvalue weighted by atomic mass is 35.5. The molecular formula is C19H24ClN3O4. The molecule has 0 aliphatic carbocycles. The summed E-state index contributed by atoms with van der Waals surface area (Å²) < 4.78 is 5.55. The molecule has 3 aliphatic rings. The number of rotatable bonds is 3. The lowest BCUT2D eigenvalue weighted by molar-refractivity contribution is 0.0475. The van der Waals surface area contributed by atoms with Crippen LogP contribution >= 0.6 is 12.4 Å². The fraction of sp³-hybridized carbons (Fsp3) is 0.526. The Morgan fingerprint density at radius 2 is 2.04 bits per heavy atom.